The quantitative estimate of drug-likeness (QED) is 0.403. The van der Waals surface area contributed by atoms with Crippen molar-refractivity contribution >= 4 is 52.6 Å². The summed E-state index contributed by atoms with van der Waals surface area (Å²) in [6, 6.07) is 15.5. The van der Waals surface area contributed by atoms with Gasteiger partial charge in [-0.3, -0.25) is 0 Å². The van der Waals surface area contributed by atoms with Crippen LogP contribution >= 0.6 is 22.6 Å². The molecule has 2 aliphatic rings. The monoisotopic (exact) mass is 458 g/mol. The zero-order chi connectivity index (χ0) is 18.1. The summed E-state index contributed by atoms with van der Waals surface area (Å²) in [5.74, 6) is -0.0909. The van der Waals surface area contributed by atoms with E-state index in [1.165, 1.54) is 0 Å². The van der Waals surface area contributed by atoms with Crippen molar-refractivity contribution in [1.29, 1.82) is 0 Å². The van der Waals surface area contributed by atoms with Gasteiger partial charge in [-0.2, -0.15) is 5.10 Å². The number of hydrogen-bond acceptors (Lipinski definition) is 6. The molecule has 0 spiro atoms. The lowest BCUT2D eigenvalue weighted by atomic mass is 10.1. The van der Waals surface area contributed by atoms with E-state index in [9.17, 15) is 4.79 Å². The van der Waals surface area contributed by atoms with E-state index in [1.807, 2.05) is 65.5 Å². The normalized spacial score (nSPS) is 17.8. The van der Waals surface area contributed by atoms with Crippen LogP contribution in [0.4, 0.5) is 5.69 Å². The molecule has 2 aromatic rings. The SMILES string of the molecule is CN1C=NN(c2ccc(/C=C3/N=C(c4ccccc4I)OC3=O)cc2)C1. The number of nitrogens with zero attached hydrogens (tertiary/aromatic N) is 4. The van der Waals surface area contributed by atoms with E-state index in [-0.39, 0.29) is 0 Å². The Balaban J connectivity index is 1.57. The van der Waals surface area contributed by atoms with Crippen molar-refractivity contribution in [2.45, 2.75) is 0 Å². The molecular weight excluding hydrogens is 443 g/mol. The molecule has 2 aliphatic heterocycles. The Hall–Kier alpha value is -2.68. The fourth-order valence-electron chi connectivity index (χ4n) is 2.64. The van der Waals surface area contributed by atoms with E-state index < -0.39 is 5.97 Å². The summed E-state index contributed by atoms with van der Waals surface area (Å²) in [7, 11) is 1.97. The molecule has 0 saturated heterocycles. The van der Waals surface area contributed by atoms with E-state index >= 15 is 0 Å². The highest BCUT2D eigenvalue weighted by molar-refractivity contribution is 14.1. The Kier molecular flexibility index (Phi) is 4.46. The minimum Gasteiger partial charge on any atom is -0.402 e. The fraction of sp³-hybridized carbons (Fsp3) is 0.105. The standard InChI is InChI=1S/C19H15IN4O2/c1-23-11-21-24(12-23)14-8-6-13(7-9-14)10-17-19(25)26-18(22-17)15-4-2-3-5-16(15)20/h2-11H,12H2,1H3/b17-10+. The average molecular weight is 458 g/mol. The second kappa shape index (κ2) is 6.91. The van der Waals surface area contributed by atoms with Crippen molar-refractivity contribution in [2.24, 2.45) is 10.1 Å². The van der Waals surface area contributed by atoms with Crippen molar-refractivity contribution in [3.63, 3.8) is 0 Å². The molecule has 6 nitrogen and oxygen atoms in total. The van der Waals surface area contributed by atoms with E-state index in [4.69, 9.17) is 4.74 Å². The molecule has 0 radical (unpaired) electrons. The molecule has 0 fully saturated rings. The lowest BCUT2D eigenvalue weighted by molar-refractivity contribution is -0.129. The van der Waals surface area contributed by atoms with E-state index in [0.717, 1.165) is 27.1 Å². The Morgan fingerprint density at radius 2 is 1.92 bits per heavy atom. The molecule has 0 N–H and O–H groups in total. The Morgan fingerprint density at radius 3 is 2.62 bits per heavy atom. The summed E-state index contributed by atoms with van der Waals surface area (Å²) in [5.41, 5.74) is 2.98. The molecule has 2 heterocycles. The van der Waals surface area contributed by atoms with Gasteiger partial charge in [0.1, 0.15) is 13.0 Å². The molecule has 0 saturated carbocycles. The third-order valence-electron chi connectivity index (χ3n) is 3.96. The lowest BCUT2D eigenvalue weighted by Gasteiger charge is -2.15. The zero-order valence-corrected chi connectivity index (χ0v) is 16.1. The second-order valence-electron chi connectivity index (χ2n) is 5.94. The topological polar surface area (TPSA) is 57.5 Å². The summed E-state index contributed by atoms with van der Waals surface area (Å²) < 4.78 is 6.32. The van der Waals surface area contributed by atoms with Gasteiger partial charge < -0.3 is 9.64 Å². The summed E-state index contributed by atoms with van der Waals surface area (Å²) >= 11 is 2.20. The van der Waals surface area contributed by atoms with Crippen LogP contribution in [0.3, 0.4) is 0 Å². The van der Waals surface area contributed by atoms with Gasteiger partial charge in [-0.05, 0) is 58.5 Å². The van der Waals surface area contributed by atoms with Crippen LogP contribution in [0.5, 0.6) is 0 Å². The predicted octanol–water partition coefficient (Wildman–Crippen LogP) is 3.29. The number of anilines is 1. The molecule has 4 rings (SSSR count). The van der Waals surface area contributed by atoms with Gasteiger partial charge in [0, 0.05) is 10.6 Å². The van der Waals surface area contributed by atoms with Gasteiger partial charge in [0.05, 0.1) is 11.3 Å². The predicted molar refractivity (Wildman–Crippen MR) is 110 cm³/mol. The molecular formula is C19H15IN4O2. The van der Waals surface area contributed by atoms with Gasteiger partial charge in [-0.15, -0.1) is 0 Å². The highest BCUT2D eigenvalue weighted by atomic mass is 127. The summed E-state index contributed by atoms with van der Waals surface area (Å²) in [6.45, 7) is 0.718. The van der Waals surface area contributed by atoms with Gasteiger partial charge in [0.2, 0.25) is 5.90 Å². The number of cyclic esters (lactones) is 1. The third kappa shape index (κ3) is 3.34. The van der Waals surface area contributed by atoms with E-state index in [1.54, 1.807) is 12.4 Å². The Labute approximate surface area is 164 Å². The van der Waals surface area contributed by atoms with E-state index in [0.29, 0.717) is 11.6 Å². The number of rotatable bonds is 3. The first-order chi connectivity index (χ1) is 12.6. The molecule has 0 unspecified atom stereocenters. The molecule has 0 atom stereocenters. The van der Waals surface area contributed by atoms with Gasteiger partial charge >= 0.3 is 5.97 Å². The first kappa shape index (κ1) is 16.8. The second-order valence-corrected chi connectivity index (χ2v) is 7.10. The third-order valence-corrected chi connectivity index (χ3v) is 4.91. The molecule has 0 bridgehead atoms. The highest BCUT2D eigenvalue weighted by Crippen LogP contribution is 2.23. The number of aliphatic imine (C=N–C) groups is 1. The number of hydrogen-bond donors (Lipinski definition) is 0. The van der Waals surface area contributed by atoms with Gasteiger partial charge in [0.15, 0.2) is 5.70 Å². The zero-order valence-electron chi connectivity index (χ0n) is 14.0. The maximum absolute atomic E-state index is 12.1. The smallest absolute Gasteiger partial charge is 0.363 e. The van der Waals surface area contributed by atoms with Crippen molar-refractivity contribution < 1.29 is 9.53 Å². The minimum atomic E-state index is -0.436. The molecule has 7 heteroatoms. The first-order valence-corrected chi connectivity index (χ1v) is 9.07. The number of carbonyl (C=O) groups is 1. The summed E-state index contributed by atoms with van der Waals surface area (Å²) in [5, 5.41) is 6.20. The maximum Gasteiger partial charge on any atom is 0.363 e. The van der Waals surface area contributed by atoms with Gasteiger partial charge in [0.25, 0.3) is 0 Å². The van der Waals surface area contributed by atoms with Gasteiger partial charge in [-0.1, -0.05) is 24.3 Å². The number of benzene rings is 2. The van der Waals surface area contributed by atoms with Crippen molar-refractivity contribution in [3.05, 3.63) is 68.9 Å². The molecule has 2 aromatic carbocycles. The first-order valence-electron chi connectivity index (χ1n) is 7.99. The van der Waals surface area contributed by atoms with Crippen LogP contribution in [0.25, 0.3) is 6.08 Å². The average Bonchev–Trinajstić information content (AvgIpc) is 3.22. The van der Waals surface area contributed by atoms with Crippen LogP contribution in [-0.4, -0.2) is 36.8 Å². The van der Waals surface area contributed by atoms with Crippen molar-refractivity contribution in [3.8, 4) is 0 Å². The van der Waals surface area contributed by atoms with Crippen LogP contribution in [0.2, 0.25) is 0 Å². The number of esters is 1. The fourth-order valence-corrected chi connectivity index (χ4v) is 3.26. The molecule has 0 aromatic heterocycles. The van der Waals surface area contributed by atoms with Crippen molar-refractivity contribution in [2.75, 3.05) is 18.7 Å². The molecule has 0 amide bonds. The summed E-state index contributed by atoms with van der Waals surface area (Å²) in [6.07, 6.45) is 3.51. The van der Waals surface area contributed by atoms with Crippen molar-refractivity contribution in [1.82, 2.24) is 4.90 Å². The van der Waals surface area contributed by atoms with Gasteiger partial charge in [-0.25, -0.2) is 14.8 Å². The molecule has 0 aliphatic carbocycles. The number of ether oxygens (including phenoxy) is 1. The minimum absolute atomic E-state index is 0.298. The Bertz CT molecular complexity index is 950. The molecule has 26 heavy (non-hydrogen) atoms. The van der Waals surface area contributed by atoms with Crippen LogP contribution in [0, 0.1) is 3.57 Å². The number of halogens is 1. The number of hydrazone groups is 1. The summed E-state index contributed by atoms with van der Waals surface area (Å²) in [4.78, 5) is 18.5. The Morgan fingerprint density at radius 1 is 1.15 bits per heavy atom. The van der Waals surface area contributed by atoms with Crippen LogP contribution in [-0.2, 0) is 9.53 Å². The van der Waals surface area contributed by atoms with Crippen LogP contribution in [0.1, 0.15) is 11.1 Å². The van der Waals surface area contributed by atoms with Crippen LogP contribution < -0.4 is 5.01 Å². The lowest BCUT2D eigenvalue weighted by Crippen LogP contribution is -2.22. The highest BCUT2D eigenvalue weighted by Gasteiger charge is 2.25. The maximum atomic E-state index is 12.1. The number of carbonyl (C=O) groups excluding carboxylic acids is 1. The van der Waals surface area contributed by atoms with Crippen LogP contribution in [0.15, 0.2) is 64.3 Å². The largest absolute Gasteiger partial charge is 0.402 e. The van der Waals surface area contributed by atoms with E-state index in [2.05, 4.69) is 32.7 Å². The molecule has 130 valence electrons.